The van der Waals surface area contributed by atoms with Gasteiger partial charge in [0.15, 0.2) is 0 Å². The fourth-order valence-corrected chi connectivity index (χ4v) is 3.36. The van der Waals surface area contributed by atoms with Crippen molar-refractivity contribution >= 4 is 5.91 Å². The Morgan fingerprint density at radius 1 is 1.24 bits per heavy atom. The van der Waals surface area contributed by atoms with Crippen LogP contribution >= 0.6 is 0 Å². The fourth-order valence-electron chi connectivity index (χ4n) is 3.36. The largest absolute Gasteiger partial charge is 0.353 e. The molecule has 2 heterocycles. The van der Waals surface area contributed by atoms with Gasteiger partial charge in [-0.1, -0.05) is 30.7 Å². The molecule has 4 heteroatoms. The van der Waals surface area contributed by atoms with E-state index in [1.54, 1.807) is 0 Å². The van der Waals surface area contributed by atoms with Crippen molar-refractivity contribution < 1.29 is 4.79 Å². The van der Waals surface area contributed by atoms with E-state index < -0.39 is 0 Å². The van der Waals surface area contributed by atoms with Crippen LogP contribution in [0.1, 0.15) is 36.4 Å². The zero-order chi connectivity index (χ0) is 14.5. The number of carbonyl (C=O) groups excluding carboxylic acids is 1. The maximum Gasteiger partial charge on any atom is 0.241 e. The third-order valence-corrected chi connectivity index (χ3v) is 4.55. The molecule has 3 rings (SSSR count). The van der Waals surface area contributed by atoms with Crippen LogP contribution in [-0.2, 0) is 11.2 Å². The van der Waals surface area contributed by atoms with Crippen molar-refractivity contribution in [1.82, 2.24) is 15.5 Å². The van der Waals surface area contributed by atoms with Gasteiger partial charge >= 0.3 is 0 Å². The van der Waals surface area contributed by atoms with Gasteiger partial charge in [-0.05, 0) is 43.5 Å². The molecule has 2 N–H and O–H groups in total. The number of benzene rings is 1. The Kier molecular flexibility index (Phi) is 4.88. The SMILES string of the molecule is O=C(NCCN1CCCCC1)C1NCCc2ccccc21. The predicted octanol–water partition coefficient (Wildman–Crippen LogP) is 1.48. The lowest BCUT2D eigenvalue weighted by molar-refractivity contribution is -0.123. The minimum absolute atomic E-state index is 0.110. The summed E-state index contributed by atoms with van der Waals surface area (Å²) in [6, 6.07) is 8.08. The number of carbonyl (C=O) groups is 1. The Labute approximate surface area is 126 Å². The highest BCUT2D eigenvalue weighted by Gasteiger charge is 2.25. The van der Waals surface area contributed by atoms with Gasteiger partial charge < -0.3 is 15.5 Å². The van der Waals surface area contributed by atoms with E-state index in [0.29, 0.717) is 0 Å². The monoisotopic (exact) mass is 287 g/mol. The second-order valence-electron chi connectivity index (χ2n) is 6.03. The molecule has 21 heavy (non-hydrogen) atoms. The molecular formula is C17H25N3O. The summed E-state index contributed by atoms with van der Waals surface area (Å²) in [6.45, 7) is 4.96. The van der Waals surface area contributed by atoms with Crippen LogP contribution < -0.4 is 10.6 Å². The van der Waals surface area contributed by atoms with Crippen LogP contribution in [0.25, 0.3) is 0 Å². The topological polar surface area (TPSA) is 44.4 Å². The molecule has 0 spiro atoms. The first-order valence-electron chi connectivity index (χ1n) is 8.16. The first-order chi connectivity index (χ1) is 10.3. The summed E-state index contributed by atoms with van der Waals surface area (Å²) in [4.78, 5) is 14.9. The van der Waals surface area contributed by atoms with Gasteiger partial charge in [0.05, 0.1) is 0 Å². The average molecular weight is 287 g/mol. The lowest BCUT2D eigenvalue weighted by Crippen LogP contribution is -2.44. The van der Waals surface area contributed by atoms with Gasteiger partial charge in [0.1, 0.15) is 6.04 Å². The molecule has 1 aromatic carbocycles. The molecule has 0 aliphatic carbocycles. The van der Waals surface area contributed by atoms with Crippen molar-refractivity contribution in [2.75, 3.05) is 32.7 Å². The molecule has 1 unspecified atom stereocenters. The Bertz CT molecular complexity index is 483. The van der Waals surface area contributed by atoms with E-state index in [2.05, 4.69) is 33.7 Å². The minimum Gasteiger partial charge on any atom is -0.353 e. The van der Waals surface area contributed by atoms with Gasteiger partial charge in [-0.25, -0.2) is 0 Å². The van der Waals surface area contributed by atoms with Crippen molar-refractivity contribution in [3.05, 3.63) is 35.4 Å². The highest BCUT2D eigenvalue weighted by atomic mass is 16.2. The second-order valence-corrected chi connectivity index (χ2v) is 6.03. The van der Waals surface area contributed by atoms with E-state index in [4.69, 9.17) is 0 Å². The van der Waals surface area contributed by atoms with Crippen LogP contribution in [0.2, 0.25) is 0 Å². The van der Waals surface area contributed by atoms with Gasteiger partial charge in [0.25, 0.3) is 0 Å². The zero-order valence-corrected chi connectivity index (χ0v) is 12.6. The highest BCUT2D eigenvalue weighted by molar-refractivity contribution is 5.83. The molecule has 2 aliphatic rings. The van der Waals surface area contributed by atoms with Gasteiger partial charge in [0.2, 0.25) is 5.91 Å². The smallest absolute Gasteiger partial charge is 0.241 e. The maximum absolute atomic E-state index is 12.4. The van der Waals surface area contributed by atoms with Crippen LogP contribution in [0.5, 0.6) is 0 Å². The van der Waals surface area contributed by atoms with E-state index in [-0.39, 0.29) is 11.9 Å². The van der Waals surface area contributed by atoms with Crippen molar-refractivity contribution in [3.63, 3.8) is 0 Å². The van der Waals surface area contributed by atoms with E-state index in [9.17, 15) is 4.79 Å². The number of rotatable bonds is 4. The standard InChI is InChI=1S/C17H25N3O/c21-17(19-10-13-20-11-4-1-5-12-20)16-15-7-3-2-6-14(15)8-9-18-16/h2-3,6-7,16,18H,1,4-5,8-13H2,(H,19,21). The lowest BCUT2D eigenvalue weighted by atomic mass is 9.94. The van der Waals surface area contributed by atoms with Crippen LogP contribution in [0, 0.1) is 0 Å². The Balaban J connectivity index is 1.51. The minimum atomic E-state index is -0.184. The number of likely N-dealkylation sites (tertiary alicyclic amines) is 1. The first-order valence-corrected chi connectivity index (χ1v) is 8.16. The van der Waals surface area contributed by atoms with Gasteiger partial charge in [0, 0.05) is 19.6 Å². The number of fused-ring (bicyclic) bond motifs is 1. The summed E-state index contributed by atoms with van der Waals surface area (Å²) < 4.78 is 0. The van der Waals surface area contributed by atoms with Crippen LogP contribution in [-0.4, -0.2) is 43.5 Å². The molecule has 1 fully saturated rings. The molecule has 1 aromatic rings. The predicted molar refractivity (Wildman–Crippen MR) is 84.2 cm³/mol. The molecular weight excluding hydrogens is 262 g/mol. The number of hydrogen-bond acceptors (Lipinski definition) is 3. The molecule has 114 valence electrons. The first kappa shape index (κ1) is 14.5. The van der Waals surface area contributed by atoms with Gasteiger partial charge in [-0.15, -0.1) is 0 Å². The van der Waals surface area contributed by atoms with Crippen LogP contribution in [0.15, 0.2) is 24.3 Å². The summed E-state index contributed by atoms with van der Waals surface area (Å²) >= 11 is 0. The average Bonchev–Trinajstić information content (AvgIpc) is 2.55. The summed E-state index contributed by atoms with van der Waals surface area (Å²) in [7, 11) is 0. The normalized spacial score (nSPS) is 22.6. The number of piperidine rings is 1. The Hall–Kier alpha value is -1.39. The van der Waals surface area contributed by atoms with Crippen LogP contribution in [0.4, 0.5) is 0 Å². The molecule has 0 radical (unpaired) electrons. The summed E-state index contributed by atoms with van der Waals surface area (Å²) in [5, 5.41) is 6.44. The number of nitrogens with one attached hydrogen (secondary N) is 2. The maximum atomic E-state index is 12.4. The van der Waals surface area contributed by atoms with Crippen molar-refractivity contribution in [3.8, 4) is 0 Å². The molecule has 1 saturated heterocycles. The van der Waals surface area contributed by atoms with Crippen molar-refractivity contribution in [2.45, 2.75) is 31.7 Å². The molecule has 0 saturated carbocycles. The zero-order valence-electron chi connectivity index (χ0n) is 12.6. The molecule has 1 amide bonds. The van der Waals surface area contributed by atoms with E-state index in [1.807, 2.05) is 6.07 Å². The van der Waals surface area contributed by atoms with Gasteiger partial charge in [-0.2, -0.15) is 0 Å². The van der Waals surface area contributed by atoms with E-state index in [0.717, 1.165) is 31.6 Å². The van der Waals surface area contributed by atoms with Crippen molar-refractivity contribution in [1.29, 1.82) is 0 Å². The lowest BCUT2D eigenvalue weighted by Gasteiger charge is -2.28. The summed E-state index contributed by atoms with van der Waals surface area (Å²) in [6.07, 6.45) is 4.95. The summed E-state index contributed by atoms with van der Waals surface area (Å²) in [5.41, 5.74) is 2.44. The van der Waals surface area contributed by atoms with Crippen molar-refractivity contribution in [2.24, 2.45) is 0 Å². The second kappa shape index (κ2) is 7.05. The molecule has 0 bridgehead atoms. The quantitative estimate of drug-likeness (QED) is 0.881. The number of nitrogens with zero attached hydrogens (tertiary/aromatic N) is 1. The number of hydrogen-bond donors (Lipinski definition) is 2. The van der Waals surface area contributed by atoms with E-state index in [1.165, 1.54) is 37.9 Å². The Morgan fingerprint density at radius 2 is 2.05 bits per heavy atom. The third-order valence-electron chi connectivity index (χ3n) is 4.55. The van der Waals surface area contributed by atoms with Gasteiger partial charge in [-0.3, -0.25) is 4.79 Å². The molecule has 4 nitrogen and oxygen atoms in total. The fraction of sp³-hybridized carbons (Fsp3) is 0.588. The number of amides is 1. The van der Waals surface area contributed by atoms with E-state index >= 15 is 0 Å². The summed E-state index contributed by atoms with van der Waals surface area (Å²) in [5.74, 6) is 0.110. The Morgan fingerprint density at radius 3 is 2.90 bits per heavy atom. The van der Waals surface area contributed by atoms with Crippen LogP contribution in [0.3, 0.4) is 0 Å². The highest BCUT2D eigenvalue weighted by Crippen LogP contribution is 2.22. The molecule has 2 aliphatic heterocycles. The molecule has 1 atom stereocenters. The third kappa shape index (κ3) is 3.63. The molecule has 0 aromatic heterocycles.